The van der Waals surface area contributed by atoms with Crippen molar-refractivity contribution in [2.75, 3.05) is 5.32 Å². The highest BCUT2D eigenvalue weighted by atomic mass is 16.2. The summed E-state index contributed by atoms with van der Waals surface area (Å²) in [5.74, 6) is 0.835. The standard InChI is InChI=1S/C21H21N5O2/c27-20(14-2-1-3-14)23-17-10-11-18-24-25-19(26(18)12-17)13-4-6-15(7-5-13)21(28)22-16-8-9-16/h4-7,10-12,14,16H,1-3,8-9H2,(H,22,28)(H,23,27). The van der Waals surface area contributed by atoms with Crippen molar-refractivity contribution in [2.24, 2.45) is 5.92 Å². The van der Waals surface area contributed by atoms with E-state index in [2.05, 4.69) is 20.8 Å². The summed E-state index contributed by atoms with van der Waals surface area (Å²) in [6.07, 6.45) is 7.03. The fraction of sp³-hybridized carbons (Fsp3) is 0.333. The van der Waals surface area contributed by atoms with Crippen molar-refractivity contribution in [1.82, 2.24) is 19.9 Å². The summed E-state index contributed by atoms with van der Waals surface area (Å²) >= 11 is 0. The van der Waals surface area contributed by atoms with Crippen molar-refractivity contribution in [1.29, 1.82) is 0 Å². The molecule has 0 aliphatic heterocycles. The Hall–Kier alpha value is -3.22. The van der Waals surface area contributed by atoms with Crippen molar-refractivity contribution in [3.05, 3.63) is 48.2 Å². The van der Waals surface area contributed by atoms with Gasteiger partial charge in [0.2, 0.25) is 5.91 Å². The number of amides is 2. The van der Waals surface area contributed by atoms with Crippen molar-refractivity contribution < 1.29 is 9.59 Å². The first-order valence-electron chi connectivity index (χ1n) is 9.74. The van der Waals surface area contributed by atoms with Gasteiger partial charge in [-0.3, -0.25) is 14.0 Å². The van der Waals surface area contributed by atoms with E-state index in [4.69, 9.17) is 0 Å². The smallest absolute Gasteiger partial charge is 0.251 e. The predicted molar refractivity (Wildman–Crippen MR) is 105 cm³/mol. The van der Waals surface area contributed by atoms with E-state index >= 15 is 0 Å². The largest absolute Gasteiger partial charge is 0.349 e. The van der Waals surface area contributed by atoms with E-state index < -0.39 is 0 Å². The summed E-state index contributed by atoms with van der Waals surface area (Å²) in [7, 11) is 0. The molecule has 0 radical (unpaired) electrons. The highest BCUT2D eigenvalue weighted by Gasteiger charge is 2.25. The molecule has 0 bridgehead atoms. The Labute approximate surface area is 162 Å². The van der Waals surface area contributed by atoms with E-state index in [1.807, 2.05) is 34.9 Å². The first-order valence-corrected chi connectivity index (χ1v) is 9.74. The number of carbonyl (C=O) groups excluding carboxylic acids is 2. The molecule has 2 heterocycles. The maximum absolute atomic E-state index is 12.2. The Morgan fingerprint density at radius 3 is 2.43 bits per heavy atom. The number of fused-ring (bicyclic) bond motifs is 1. The van der Waals surface area contributed by atoms with Crippen LogP contribution in [0.4, 0.5) is 5.69 Å². The topological polar surface area (TPSA) is 88.4 Å². The van der Waals surface area contributed by atoms with E-state index in [1.165, 1.54) is 0 Å². The highest BCUT2D eigenvalue weighted by molar-refractivity contribution is 5.95. The first-order chi connectivity index (χ1) is 13.7. The Balaban J connectivity index is 1.39. The van der Waals surface area contributed by atoms with Crippen LogP contribution in [0.5, 0.6) is 0 Å². The number of rotatable bonds is 5. The van der Waals surface area contributed by atoms with Gasteiger partial charge in [0, 0.05) is 29.3 Å². The molecular weight excluding hydrogens is 354 g/mol. The molecule has 28 heavy (non-hydrogen) atoms. The van der Waals surface area contributed by atoms with Gasteiger partial charge in [0.1, 0.15) is 0 Å². The predicted octanol–water partition coefficient (Wildman–Crippen LogP) is 3.03. The Morgan fingerprint density at radius 2 is 1.75 bits per heavy atom. The molecule has 2 fully saturated rings. The van der Waals surface area contributed by atoms with Crippen LogP contribution in [0.25, 0.3) is 17.0 Å². The van der Waals surface area contributed by atoms with Gasteiger partial charge in [0.25, 0.3) is 5.91 Å². The molecular formula is C21H21N5O2. The Morgan fingerprint density at radius 1 is 0.964 bits per heavy atom. The molecule has 2 aromatic heterocycles. The fourth-order valence-corrected chi connectivity index (χ4v) is 3.34. The lowest BCUT2D eigenvalue weighted by atomic mass is 9.85. The van der Waals surface area contributed by atoms with Crippen LogP contribution in [-0.4, -0.2) is 32.5 Å². The minimum absolute atomic E-state index is 0.0406. The van der Waals surface area contributed by atoms with Crippen LogP contribution in [0.1, 0.15) is 42.5 Å². The molecule has 0 spiro atoms. The average Bonchev–Trinajstić information content (AvgIpc) is 3.36. The summed E-state index contributed by atoms with van der Waals surface area (Å²) in [4.78, 5) is 24.4. The zero-order chi connectivity index (χ0) is 19.1. The van der Waals surface area contributed by atoms with E-state index in [9.17, 15) is 9.59 Å². The third-order valence-electron chi connectivity index (χ3n) is 5.46. The van der Waals surface area contributed by atoms with Gasteiger partial charge in [0.15, 0.2) is 11.5 Å². The number of carbonyl (C=O) groups is 2. The molecule has 2 saturated carbocycles. The summed E-state index contributed by atoms with van der Waals surface area (Å²) in [5, 5.41) is 14.5. The van der Waals surface area contributed by atoms with E-state index in [-0.39, 0.29) is 17.7 Å². The zero-order valence-corrected chi connectivity index (χ0v) is 15.4. The molecule has 7 nitrogen and oxygen atoms in total. The molecule has 5 rings (SSSR count). The molecule has 0 atom stereocenters. The molecule has 2 amide bonds. The van der Waals surface area contributed by atoms with Crippen molar-refractivity contribution in [2.45, 2.75) is 38.1 Å². The van der Waals surface area contributed by atoms with Crippen LogP contribution >= 0.6 is 0 Å². The second-order valence-electron chi connectivity index (χ2n) is 7.61. The average molecular weight is 375 g/mol. The lowest BCUT2D eigenvalue weighted by Crippen LogP contribution is -2.28. The summed E-state index contributed by atoms with van der Waals surface area (Å²) in [6.45, 7) is 0. The normalized spacial score (nSPS) is 16.6. The quantitative estimate of drug-likeness (QED) is 0.717. The maximum Gasteiger partial charge on any atom is 0.251 e. The lowest BCUT2D eigenvalue weighted by molar-refractivity contribution is -0.122. The molecule has 1 aromatic carbocycles. The van der Waals surface area contributed by atoms with Crippen molar-refractivity contribution in [3.8, 4) is 11.4 Å². The maximum atomic E-state index is 12.2. The van der Waals surface area contributed by atoms with Crippen molar-refractivity contribution >= 4 is 23.1 Å². The van der Waals surface area contributed by atoms with Gasteiger partial charge in [-0.05, 0) is 49.9 Å². The number of hydrogen-bond acceptors (Lipinski definition) is 4. The van der Waals surface area contributed by atoms with Crippen LogP contribution in [0.15, 0.2) is 42.6 Å². The van der Waals surface area contributed by atoms with E-state index in [0.717, 1.165) is 43.4 Å². The number of anilines is 1. The molecule has 142 valence electrons. The molecule has 2 aliphatic rings. The SMILES string of the molecule is O=C(NC1CC1)c1ccc(-c2nnc3ccc(NC(=O)C4CCC4)cn23)cc1. The van der Waals surface area contributed by atoms with Crippen LogP contribution in [0, 0.1) is 5.92 Å². The fourth-order valence-electron chi connectivity index (χ4n) is 3.34. The summed E-state index contributed by atoms with van der Waals surface area (Å²) < 4.78 is 1.86. The van der Waals surface area contributed by atoms with Gasteiger partial charge < -0.3 is 10.6 Å². The first kappa shape index (κ1) is 16.9. The summed E-state index contributed by atoms with van der Waals surface area (Å²) in [6, 6.07) is 11.4. The number of hydrogen-bond donors (Lipinski definition) is 2. The number of aromatic nitrogens is 3. The number of nitrogens with one attached hydrogen (secondary N) is 2. The highest BCUT2D eigenvalue weighted by Crippen LogP contribution is 2.28. The van der Waals surface area contributed by atoms with Gasteiger partial charge in [-0.1, -0.05) is 18.6 Å². The van der Waals surface area contributed by atoms with Crippen LogP contribution in [0.2, 0.25) is 0 Å². The molecule has 0 unspecified atom stereocenters. The van der Waals surface area contributed by atoms with Gasteiger partial charge in [-0.15, -0.1) is 10.2 Å². The number of nitrogens with zero attached hydrogens (tertiary/aromatic N) is 3. The molecule has 2 aliphatic carbocycles. The molecule has 7 heteroatoms. The number of benzene rings is 1. The minimum atomic E-state index is -0.0406. The lowest BCUT2D eigenvalue weighted by Gasteiger charge is -2.24. The molecule has 0 saturated heterocycles. The van der Waals surface area contributed by atoms with Gasteiger partial charge >= 0.3 is 0 Å². The van der Waals surface area contributed by atoms with E-state index in [0.29, 0.717) is 23.1 Å². The van der Waals surface area contributed by atoms with Crippen LogP contribution < -0.4 is 10.6 Å². The van der Waals surface area contributed by atoms with Crippen LogP contribution in [0.3, 0.4) is 0 Å². The second-order valence-corrected chi connectivity index (χ2v) is 7.61. The number of pyridine rings is 1. The molecule has 2 N–H and O–H groups in total. The zero-order valence-electron chi connectivity index (χ0n) is 15.4. The van der Waals surface area contributed by atoms with Crippen molar-refractivity contribution in [3.63, 3.8) is 0 Å². The van der Waals surface area contributed by atoms with Gasteiger partial charge in [-0.2, -0.15) is 0 Å². The third-order valence-corrected chi connectivity index (χ3v) is 5.46. The Kier molecular flexibility index (Phi) is 4.07. The van der Waals surface area contributed by atoms with E-state index in [1.54, 1.807) is 12.1 Å². The summed E-state index contributed by atoms with van der Waals surface area (Å²) in [5.41, 5.74) is 2.92. The third kappa shape index (κ3) is 3.24. The van der Waals surface area contributed by atoms with Gasteiger partial charge in [0.05, 0.1) is 5.69 Å². The van der Waals surface area contributed by atoms with Crippen LogP contribution in [-0.2, 0) is 4.79 Å². The second kappa shape index (κ2) is 6.74. The minimum Gasteiger partial charge on any atom is -0.349 e. The Bertz CT molecular complexity index is 1050. The monoisotopic (exact) mass is 375 g/mol. The molecule has 3 aromatic rings. The van der Waals surface area contributed by atoms with Gasteiger partial charge in [-0.25, -0.2) is 0 Å².